The highest BCUT2D eigenvalue weighted by Gasteiger charge is 2.53. The SMILES string of the molecule is COCn1ccs/c1=N\c1cccc(C[C@]2(C(=O)OC(C)(C)C)CC[C@@H](O[Si](c3ccccc3)(c3ccccc3)C(C)(C)C)CC2)n1. The van der Waals surface area contributed by atoms with E-state index in [1.54, 1.807) is 7.11 Å². The predicted molar refractivity (Wildman–Crippen MR) is 192 cm³/mol. The lowest BCUT2D eigenvalue weighted by Crippen LogP contribution is -2.68. The summed E-state index contributed by atoms with van der Waals surface area (Å²) in [5, 5.41) is 4.40. The summed E-state index contributed by atoms with van der Waals surface area (Å²) in [5.74, 6) is 0.451. The second kappa shape index (κ2) is 14.4. The first kappa shape index (κ1) is 34.9. The number of aromatic nitrogens is 2. The number of carbonyl (C=O) groups is 1. The lowest BCUT2D eigenvalue weighted by atomic mass is 9.70. The highest BCUT2D eigenvalue weighted by atomic mass is 32.1. The van der Waals surface area contributed by atoms with Crippen LogP contribution in [0.2, 0.25) is 5.04 Å². The Morgan fingerprint density at radius 2 is 1.55 bits per heavy atom. The molecule has 9 heteroatoms. The maximum Gasteiger partial charge on any atom is 0.312 e. The quantitative estimate of drug-likeness (QED) is 0.132. The standard InChI is InChI=1S/C38H49N3O4SSi/c1-36(2,3)44-34(42)38(27-29-15-14-20-33(39-29)40-35-41(28-43-7)25-26-46-35)23-21-30(22-24-38)45-47(37(4,5)6,31-16-10-8-11-17-31)32-18-12-9-13-19-32/h8-20,25-26,30H,21-24,27-28H2,1-7H3/b40-35-/t30-,38+. The average molecular weight is 672 g/mol. The summed E-state index contributed by atoms with van der Waals surface area (Å²) < 4.78 is 20.8. The Morgan fingerprint density at radius 1 is 0.936 bits per heavy atom. The number of ether oxygens (including phenoxy) is 2. The molecule has 5 rings (SSSR count). The van der Waals surface area contributed by atoms with Crippen molar-refractivity contribution in [2.24, 2.45) is 10.4 Å². The third-order valence-electron chi connectivity index (χ3n) is 8.93. The van der Waals surface area contributed by atoms with Crippen molar-refractivity contribution in [2.75, 3.05) is 7.11 Å². The van der Waals surface area contributed by atoms with Gasteiger partial charge in [-0.2, -0.15) is 0 Å². The fourth-order valence-electron chi connectivity index (χ4n) is 6.74. The summed E-state index contributed by atoms with van der Waals surface area (Å²) in [6.45, 7) is 13.1. The van der Waals surface area contributed by atoms with Gasteiger partial charge in [0, 0.05) is 36.9 Å². The molecule has 1 aliphatic rings. The summed E-state index contributed by atoms with van der Waals surface area (Å²) in [4.78, 5) is 24.6. The van der Waals surface area contributed by atoms with Crippen molar-refractivity contribution >= 4 is 41.8 Å². The van der Waals surface area contributed by atoms with Crippen molar-refractivity contribution in [1.29, 1.82) is 0 Å². The van der Waals surface area contributed by atoms with Crippen LogP contribution >= 0.6 is 11.3 Å². The highest BCUT2D eigenvalue weighted by molar-refractivity contribution is 7.07. The van der Waals surface area contributed by atoms with E-state index in [1.165, 1.54) is 21.7 Å². The van der Waals surface area contributed by atoms with Gasteiger partial charge in [0.05, 0.1) is 5.41 Å². The Kier molecular flexibility index (Phi) is 10.7. The normalized spacial score (nSPS) is 19.5. The van der Waals surface area contributed by atoms with Gasteiger partial charge < -0.3 is 13.9 Å². The monoisotopic (exact) mass is 671 g/mol. The van der Waals surface area contributed by atoms with Crippen LogP contribution in [-0.2, 0) is 31.8 Å². The Balaban J connectivity index is 1.45. The number of rotatable bonds is 10. The summed E-state index contributed by atoms with van der Waals surface area (Å²) in [7, 11) is -1.06. The Hall–Kier alpha value is -3.37. The van der Waals surface area contributed by atoms with E-state index in [-0.39, 0.29) is 17.1 Å². The fourth-order valence-corrected chi connectivity index (χ4v) is 12.2. The van der Waals surface area contributed by atoms with Crippen molar-refractivity contribution < 1.29 is 18.7 Å². The zero-order valence-electron chi connectivity index (χ0n) is 28.9. The molecule has 2 aromatic carbocycles. The number of pyridine rings is 1. The molecule has 0 unspecified atom stereocenters. The minimum Gasteiger partial charge on any atom is -0.460 e. The lowest BCUT2D eigenvalue weighted by molar-refractivity contribution is -0.171. The first-order valence-corrected chi connectivity index (χ1v) is 19.3. The predicted octanol–water partition coefficient (Wildman–Crippen LogP) is 7.17. The van der Waals surface area contributed by atoms with E-state index in [0.717, 1.165) is 23.3 Å². The van der Waals surface area contributed by atoms with Gasteiger partial charge >= 0.3 is 5.97 Å². The van der Waals surface area contributed by atoms with E-state index in [9.17, 15) is 4.79 Å². The molecule has 0 atom stereocenters. The van der Waals surface area contributed by atoms with Crippen molar-refractivity contribution in [2.45, 2.75) is 97.1 Å². The molecule has 0 amide bonds. The van der Waals surface area contributed by atoms with Crippen LogP contribution in [0, 0.1) is 5.41 Å². The maximum atomic E-state index is 14.1. The number of esters is 1. The van der Waals surface area contributed by atoms with Gasteiger partial charge in [0.25, 0.3) is 8.32 Å². The van der Waals surface area contributed by atoms with Gasteiger partial charge in [-0.05, 0) is 74.0 Å². The minimum atomic E-state index is -2.72. The Bertz CT molecular complexity index is 1640. The van der Waals surface area contributed by atoms with Gasteiger partial charge in [0.1, 0.15) is 12.3 Å². The smallest absolute Gasteiger partial charge is 0.312 e. The van der Waals surface area contributed by atoms with Crippen LogP contribution in [0.15, 0.2) is 95.4 Å². The van der Waals surface area contributed by atoms with Crippen molar-refractivity contribution in [3.63, 3.8) is 0 Å². The molecule has 0 N–H and O–H groups in total. The maximum absolute atomic E-state index is 14.1. The lowest BCUT2D eigenvalue weighted by Gasteiger charge is -2.47. The van der Waals surface area contributed by atoms with Crippen LogP contribution in [0.3, 0.4) is 0 Å². The van der Waals surface area contributed by atoms with Crippen molar-refractivity contribution in [1.82, 2.24) is 9.55 Å². The molecule has 4 aromatic rings. The third-order valence-corrected chi connectivity index (χ3v) is 14.8. The van der Waals surface area contributed by atoms with E-state index >= 15 is 0 Å². The van der Waals surface area contributed by atoms with Crippen molar-refractivity contribution in [3.05, 3.63) is 101 Å². The molecule has 0 aliphatic heterocycles. The fraction of sp³-hybridized carbons (Fsp3) is 0.447. The van der Waals surface area contributed by atoms with E-state index in [2.05, 4.69) is 81.4 Å². The molecular formula is C38H49N3O4SSi. The molecule has 1 saturated carbocycles. The molecule has 0 saturated heterocycles. The number of carbonyl (C=O) groups excluding carboxylic acids is 1. The number of benzene rings is 2. The molecule has 7 nitrogen and oxygen atoms in total. The van der Waals surface area contributed by atoms with E-state index in [0.29, 0.717) is 31.8 Å². The first-order chi connectivity index (χ1) is 22.4. The Labute approximate surface area is 284 Å². The van der Waals surface area contributed by atoms with Crippen molar-refractivity contribution in [3.8, 4) is 0 Å². The number of thiazole rings is 1. The zero-order valence-corrected chi connectivity index (χ0v) is 30.7. The van der Waals surface area contributed by atoms with E-state index < -0.39 is 19.3 Å². The molecule has 0 spiro atoms. The largest absolute Gasteiger partial charge is 0.460 e. The number of hydrogen-bond donors (Lipinski definition) is 0. The highest BCUT2D eigenvalue weighted by Crippen LogP contribution is 2.45. The van der Waals surface area contributed by atoms with Crippen LogP contribution in [0.1, 0.15) is 72.9 Å². The first-order valence-electron chi connectivity index (χ1n) is 16.5. The van der Waals surface area contributed by atoms with Gasteiger partial charge in [-0.1, -0.05) is 87.5 Å². The molecule has 0 radical (unpaired) electrons. The van der Waals surface area contributed by atoms with Gasteiger partial charge in [-0.3, -0.25) is 9.36 Å². The van der Waals surface area contributed by atoms with E-state index in [4.69, 9.17) is 23.9 Å². The third kappa shape index (κ3) is 8.03. The summed E-state index contributed by atoms with van der Waals surface area (Å²) in [5.41, 5.74) is -0.466. The molecule has 2 heterocycles. The topological polar surface area (TPSA) is 74.9 Å². The number of methoxy groups -OCH3 is 1. The van der Waals surface area contributed by atoms with Gasteiger partial charge in [0.15, 0.2) is 10.6 Å². The average Bonchev–Trinajstić information content (AvgIpc) is 3.46. The summed E-state index contributed by atoms with van der Waals surface area (Å²) in [6, 6.07) is 27.4. The van der Waals surface area contributed by atoms with Gasteiger partial charge in [-0.15, -0.1) is 11.3 Å². The minimum absolute atomic E-state index is 0.0150. The van der Waals surface area contributed by atoms with Crippen LogP contribution in [0.5, 0.6) is 0 Å². The molecule has 2 aromatic heterocycles. The molecule has 47 heavy (non-hydrogen) atoms. The molecule has 1 aliphatic carbocycles. The van der Waals surface area contributed by atoms with Crippen LogP contribution < -0.4 is 15.2 Å². The summed E-state index contributed by atoms with van der Waals surface area (Å²) in [6.07, 6.45) is 5.29. The van der Waals surface area contributed by atoms with Crippen LogP contribution in [0.25, 0.3) is 0 Å². The van der Waals surface area contributed by atoms with Gasteiger partial charge in [-0.25, -0.2) is 9.98 Å². The molecule has 1 fully saturated rings. The number of hydrogen-bond acceptors (Lipinski definition) is 7. The number of nitrogens with zero attached hydrogens (tertiary/aromatic N) is 3. The van der Waals surface area contributed by atoms with Crippen LogP contribution in [-0.4, -0.2) is 42.7 Å². The van der Waals surface area contributed by atoms with E-state index in [1.807, 2.05) is 55.1 Å². The summed E-state index contributed by atoms with van der Waals surface area (Å²) >= 11 is 1.53. The zero-order chi connectivity index (χ0) is 33.7. The Morgan fingerprint density at radius 3 is 2.11 bits per heavy atom. The molecule has 0 bridgehead atoms. The van der Waals surface area contributed by atoms with Gasteiger partial charge in [0.2, 0.25) is 0 Å². The molecular weight excluding hydrogens is 623 g/mol. The van der Waals surface area contributed by atoms with Crippen LogP contribution in [0.4, 0.5) is 5.82 Å². The second-order valence-electron chi connectivity index (χ2n) is 14.6. The second-order valence-corrected chi connectivity index (χ2v) is 19.7. The molecule has 250 valence electrons.